The summed E-state index contributed by atoms with van der Waals surface area (Å²) in [6.07, 6.45) is 17.1. The van der Waals surface area contributed by atoms with Gasteiger partial charge in [-0.2, -0.15) is 0 Å². The molecule has 266 valence electrons. The molecule has 0 aliphatic heterocycles. The van der Waals surface area contributed by atoms with Crippen LogP contribution in [0.4, 0.5) is 0 Å². The van der Waals surface area contributed by atoms with Crippen LogP contribution in [-0.2, 0) is 14.2 Å². The molecule has 0 spiro atoms. The zero-order valence-electron chi connectivity index (χ0n) is 30.3. The maximum Gasteiger partial charge on any atom is 0.0637 e. The largest absolute Gasteiger partial charge is 0.381 e. The molecule has 3 aliphatic carbocycles. The minimum Gasteiger partial charge on any atom is -0.381 e. The summed E-state index contributed by atoms with van der Waals surface area (Å²) in [7, 11) is 0. The molecule has 10 atom stereocenters. The zero-order valence-corrected chi connectivity index (χ0v) is 30.3. The second-order valence-electron chi connectivity index (χ2n) is 15.5. The fourth-order valence-corrected chi connectivity index (χ4v) is 10.3. The molecule has 0 amide bonds. The monoisotopic (exact) mass is 637 g/mol. The van der Waals surface area contributed by atoms with Crippen LogP contribution in [0.25, 0.3) is 0 Å². The maximum absolute atomic E-state index is 7.00. The first kappa shape index (κ1) is 39.2. The van der Waals surface area contributed by atoms with Crippen LogP contribution in [0, 0.1) is 46.3 Å². The van der Waals surface area contributed by atoms with Crippen molar-refractivity contribution >= 4 is 0 Å². The summed E-state index contributed by atoms with van der Waals surface area (Å²) < 4.78 is 20.0. The molecule has 45 heavy (non-hydrogen) atoms. The summed E-state index contributed by atoms with van der Waals surface area (Å²) in [6, 6.07) is 0. The smallest absolute Gasteiger partial charge is 0.0637 e. The Balaban J connectivity index is 1.85. The van der Waals surface area contributed by atoms with Gasteiger partial charge >= 0.3 is 0 Å². The van der Waals surface area contributed by atoms with Crippen molar-refractivity contribution in [2.45, 2.75) is 137 Å². The van der Waals surface area contributed by atoms with E-state index in [4.69, 9.17) is 31.4 Å². The predicted molar refractivity (Wildman–Crippen MR) is 189 cm³/mol. The molecule has 0 aromatic rings. The van der Waals surface area contributed by atoms with E-state index in [9.17, 15) is 0 Å². The number of rotatable bonds is 24. The molecule has 0 bridgehead atoms. The molecule has 3 rings (SSSR count). The summed E-state index contributed by atoms with van der Waals surface area (Å²) in [6.45, 7) is 20.0. The van der Waals surface area contributed by atoms with Crippen molar-refractivity contribution in [3.8, 4) is 0 Å². The molecule has 7 N–H and O–H groups in total. The van der Waals surface area contributed by atoms with Crippen molar-refractivity contribution in [3.05, 3.63) is 0 Å². The highest BCUT2D eigenvalue weighted by Gasteiger charge is 2.65. The van der Waals surface area contributed by atoms with E-state index in [1.54, 1.807) is 0 Å². The lowest BCUT2D eigenvalue weighted by Gasteiger charge is -2.63. The van der Waals surface area contributed by atoms with E-state index in [0.717, 1.165) is 78.0 Å². The first-order valence-electron chi connectivity index (χ1n) is 19.4. The molecule has 0 saturated heterocycles. The van der Waals surface area contributed by atoms with Crippen LogP contribution in [0.15, 0.2) is 0 Å². The van der Waals surface area contributed by atoms with Crippen LogP contribution in [0.5, 0.6) is 0 Å². The van der Waals surface area contributed by atoms with Crippen LogP contribution < -0.4 is 22.5 Å². The highest BCUT2D eigenvalue weighted by atomic mass is 16.5. The van der Waals surface area contributed by atoms with Crippen molar-refractivity contribution in [1.29, 1.82) is 0 Å². The van der Waals surface area contributed by atoms with Crippen molar-refractivity contribution in [2.75, 3.05) is 59.2 Å². The molecular formula is C38H76N4O3. The zero-order chi connectivity index (χ0) is 32.7. The van der Waals surface area contributed by atoms with Crippen molar-refractivity contribution in [1.82, 2.24) is 5.32 Å². The Bertz CT molecular complexity index is 788. The average Bonchev–Trinajstić information content (AvgIpc) is 3.40. The second-order valence-corrected chi connectivity index (χ2v) is 15.5. The Morgan fingerprint density at radius 1 is 0.778 bits per heavy atom. The van der Waals surface area contributed by atoms with E-state index in [-0.39, 0.29) is 16.9 Å². The van der Waals surface area contributed by atoms with Crippen molar-refractivity contribution in [2.24, 2.45) is 63.5 Å². The maximum atomic E-state index is 7.00. The number of ether oxygens (including phenoxy) is 3. The molecular weight excluding hydrogens is 560 g/mol. The van der Waals surface area contributed by atoms with Gasteiger partial charge in [-0.25, -0.2) is 0 Å². The number of nitrogens with two attached hydrogens (primary N) is 3. The first-order valence-corrected chi connectivity index (χ1v) is 19.4. The van der Waals surface area contributed by atoms with E-state index < -0.39 is 0 Å². The molecule has 0 aromatic heterocycles. The second kappa shape index (κ2) is 20.3. The Hall–Kier alpha value is -0.280. The summed E-state index contributed by atoms with van der Waals surface area (Å²) >= 11 is 0. The standard InChI is InChI=1S/C38H76N4O3/c1-6-8-9-21-42-22-10-14-29(3)31-15-16-32-36-33(28-35(38(31,32)5)45-25-13-20-41)37(4,7-2)30(17-26-43-23-11-18-39)27-34(36)44-24-12-19-40/h29-36,42H,6-28,39-41H2,1-5H3/t29?,30?,31?,32-,33-,34+,35-,36?,37-,38+/m0/s1. The number of nitrogens with one attached hydrogen (secondary N) is 1. The molecule has 7 nitrogen and oxygen atoms in total. The molecule has 0 aromatic carbocycles. The summed E-state index contributed by atoms with van der Waals surface area (Å²) in [5.41, 5.74) is 18.1. The fraction of sp³-hybridized carbons (Fsp3) is 1.00. The lowest BCUT2D eigenvalue weighted by molar-refractivity contribution is -0.218. The van der Waals surface area contributed by atoms with Crippen molar-refractivity contribution in [3.63, 3.8) is 0 Å². The number of hydrogen-bond donors (Lipinski definition) is 4. The van der Waals surface area contributed by atoms with E-state index in [1.807, 2.05) is 0 Å². The Labute approximate surface area is 278 Å². The van der Waals surface area contributed by atoms with E-state index in [0.29, 0.717) is 61.2 Å². The topological polar surface area (TPSA) is 118 Å². The Morgan fingerprint density at radius 3 is 2.16 bits per heavy atom. The van der Waals surface area contributed by atoms with Gasteiger partial charge in [-0.1, -0.05) is 53.9 Å². The van der Waals surface area contributed by atoms with Gasteiger partial charge in [0, 0.05) is 31.8 Å². The summed E-state index contributed by atoms with van der Waals surface area (Å²) in [4.78, 5) is 0. The van der Waals surface area contributed by atoms with Crippen LogP contribution in [-0.4, -0.2) is 71.4 Å². The third-order valence-electron chi connectivity index (χ3n) is 13.1. The van der Waals surface area contributed by atoms with E-state index in [1.165, 1.54) is 51.4 Å². The summed E-state index contributed by atoms with van der Waals surface area (Å²) in [5.74, 6) is 3.78. The average molecular weight is 637 g/mol. The molecule has 3 saturated carbocycles. The third kappa shape index (κ3) is 9.89. The number of hydrogen-bond acceptors (Lipinski definition) is 7. The lowest BCUT2D eigenvalue weighted by Crippen LogP contribution is -2.62. The minimum atomic E-state index is 0.173. The molecule has 7 heteroatoms. The molecule has 4 unspecified atom stereocenters. The molecule has 0 heterocycles. The first-order chi connectivity index (χ1) is 21.8. The highest BCUT2D eigenvalue weighted by Crippen LogP contribution is 2.68. The summed E-state index contributed by atoms with van der Waals surface area (Å²) in [5, 5.41) is 3.71. The molecule has 0 radical (unpaired) electrons. The van der Waals surface area contributed by atoms with E-state index in [2.05, 4.69) is 39.9 Å². The van der Waals surface area contributed by atoms with Gasteiger partial charge in [0.15, 0.2) is 0 Å². The van der Waals surface area contributed by atoms with Gasteiger partial charge in [0.2, 0.25) is 0 Å². The lowest BCUT2D eigenvalue weighted by atomic mass is 9.44. The van der Waals surface area contributed by atoms with E-state index >= 15 is 0 Å². The normalized spacial score (nSPS) is 35.3. The van der Waals surface area contributed by atoms with Gasteiger partial charge in [0.05, 0.1) is 12.2 Å². The van der Waals surface area contributed by atoms with Gasteiger partial charge in [0.1, 0.15) is 0 Å². The van der Waals surface area contributed by atoms with Gasteiger partial charge in [0.25, 0.3) is 0 Å². The highest BCUT2D eigenvalue weighted by molar-refractivity contribution is 5.14. The third-order valence-corrected chi connectivity index (χ3v) is 13.1. The number of fused-ring (bicyclic) bond motifs is 3. The van der Waals surface area contributed by atoms with Gasteiger partial charge in [-0.05, 0) is 144 Å². The van der Waals surface area contributed by atoms with Crippen LogP contribution in [0.1, 0.15) is 125 Å². The van der Waals surface area contributed by atoms with Gasteiger partial charge < -0.3 is 36.7 Å². The quantitative estimate of drug-likeness (QED) is 0.0892. The molecule has 3 fully saturated rings. The van der Waals surface area contributed by atoms with Gasteiger partial charge in [-0.3, -0.25) is 0 Å². The van der Waals surface area contributed by atoms with Crippen molar-refractivity contribution < 1.29 is 14.2 Å². The van der Waals surface area contributed by atoms with Crippen LogP contribution in [0.2, 0.25) is 0 Å². The molecule has 3 aliphatic rings. The Morgan fingerprint density at radius 2 is 1.47 bits per heavy atom. The SMILES string of the molecule is CCCCCNCCCC(C)C1CC[C@H]2C3[C@H](OCCCN)CC(CCOCCCN)[C@](C)(CC)[C@H]3C[C@H](OCCCN)[C@]12C. The van der Waals surface area contributed by atoms with Crippen LogP contribution >= 0.6 is 0 Å². The Kier molecular flexibility index (Phi) is 17.7. The number of unbranched alkanes of at least 4 members (excludes halogenated alkanes) is 2. The minimum absolute atomic E-state index is 0.173. The van der Waals surface area contributed by atoms with Gasteiger partial charge in [-0.15, -0.1) is 0 Å². The predicted octanol–water partition coefficient (Wildman–Crippen LogP) is 6.51. The van der Waals surface area contributed by atoms with Crippen LogP contribution in [0.3, 0.4) is 0 Å². The fourth-order valence-electron chi connectivity index (χ4n) is 10.3.